The number of amides is 1. The molecule has 0 aliphatic carbocycles. The van der Waals surface area contributed by atoms with E-state index in [9.17, 15) is 4.79 Å². The summed E-state index contributed by atoms with van der Waals surface area (Å²) in [6, 6.07) is 18.0. The molecule has 0 bridgehead atoms. The Morgan fingerprint density at radius 2 is 1.88 bits per heavy atom. The van der Waals surface area contributed by atoms with Crippen molar-refractivity contribution in [1.82, 2.24) is 10.6 Å². The van der Waals surface area contributed by atoms with Crippen LogP contribution in [0.1, 0.15) is 23.2 Å². The van der Waals surface area contributed by atoms with E-state index >= 15 is 0 Å². The minimum absolute atomic E-state index is 0. The maximum absolute atomic E-state index is 12.6. The Bertz CT molecular complexity index is 645. The van der Waals surface area contributed by atoms with Gasteiger partial charge in [-0.25, -0.2) is 0 Å². The average molecular weight is 363 g/mol. The summed E-state index contributed by atoms with van der Waals surface area (Å²) >= 11 is 1.63. The molecule has 3 nitrogen and oxygen atoms in total. The van der Waals surface area contributed by atoms with E-state index in [4.69, 9.17) is 0 Å². The summed E-state index contributed by atoms with van der Waals surface area (Å²) in [4.78, 5) is 14.7. The normalized spacial score (nSPS) is 16.9. The maximum atomic E-state index is 12.6. The van der Waals surface area contributed by atoms with E-state index in [-0.39, 0.29) is 18.3 Å². The molecule has 0 radical (unpaired) electrons. The zero-order chi connectivity index (χ0) is 15.9. The Balaban J connectivity index is 0.00000208. The third-order valence-electron chi connectivity index (χ3n) is 4.05. The summed E-state index contributed by atoms with van der Waals surface area (Å²) in [6.07, 6.45) is 2.38. The number of halogens is 1. The van der Waals surface area contributed by atoms with Crippen LogP contribution in [0.15, 0.2) is 64.4 Å². The van der Waals surface area contributed by atoms with Gasteiger partial charge in [0.1, 0.15) is 0 Å². The molecule has 24 heavy (non-hydrogen) atoms. The minimum Gasteiger partial charge on any atom is -0.352 e. The lowest BCUT2D eigenvalue weighted by atomic mass is 10.00. The average Bonchev–Trinajstić information content (AvgIpc) is 2.62. The fraction of sp³-hybridized carbons (Fsp3) is 0.316. The second kappa shape index (κ2) is 9.72. The summed E-state index contributed by atoms with van der Waals surface area (Å²) < 4.78 is 0. The Morgan fingerprint density at radius 3 is 2.62 bits per heavy atom. The van der Waals surface area contributed by atoms with Crippen molar-refractivity contribution in [2.75, 3.05) is 19.6 Å². The molecular weight excluding hydrogens is 340 g/mol. The van der Waals surface area contributed by atoms with Crippen molar-refractivity contribution >= 4 is 30.1 Å². The molecule has 2 aromatic carbocycles. The van der Waals surface area contributed by atoms with Crippen LogP contribution in [0.25, 0.3) is 0 Å². The van der Waals surface area contributed by atoms with Crippen LogP contribution >= 0.6 is 24.2 Å². The fourth-order valence-electron chi connectivity index (χ4n) is 2.79. The van der Waals surface area contributed by atoms with E-state index in [1.807, 2.05) is 42.5 Å². The first-order valence-corrected chi connectivity index (χ1v) is 8.95. The smallest absolute Gasteiger partial charge is 0.252 e. The Morgan fingerprint density at radius 1 is 1.12 bits per heavy atom. The Labute approximate surface area is 154 Å². The fourth-order valence-corrected chi connectivity index (χ4v) is 3.75. The minimum atomic E-state index is 0. The molecule has 1 saturated heterocycles. The predicted octanol–water partition coefficient (Wildman–Crippen LogP) is 3.99. The lowest BCUT2D eigenvalue weighted by molar-refractivity contribution is 0.0942. The van der Waals surface area contributed by atoms with Crippen LogP contribution in [-0.2, 0) is 0 Å². The largest absolute Gasteiger partial charge is 0.352 e. The molecule has 2 N–H and O–H groups in total. The van der Waals surface area contributed by atoms with Crippen molar-refractivity contribution in [3.63, 3.8) is 0 Å². The van der Waals surface area contributed by atoms with Gasteiger partial charge >= 0.3 is 0 Å². The van der Waals surface area contributed by atoms with E-state index in [0.717, 1.165) is 35.0 Å². The van der Waals surface area contributed by atoms with E-state index in [2.05, 4.69) is 22.8 Å². The van der Waals surface area contributed by atoms with Gasteiger partial charge in [-0.05, 0) is 56.1 Å². The van der Waals surface area contributed by atoms with Gasteiger partial charge in [-0.3, -0.25) is 4.79 Å². The summed E-state index contributed by atoms with van der Waals surface area (Å²) in [5, 5.41) is 6.49. The quantitative estimate of drug-likeness (QED) is 0.845. The number of carbonyl (C=O) groups excluding carboxylic acids is 1. The lowest BCUT2D eigenvalue weighted by Crippen LogP contribution is -2.38. The van der Waals surface area contributed by atoms with Gasteiger partial charge < -0.3 is 10.6 Å². The number of benzene rings is 2. The van der Waals surface area contributed by atoms with Crippen molar-refractivity contribution < 1.29 is 4.79 Å². The summed E-state index contributed by atoms with van der Waals surface area (Å²) in [6.45, 7) is 2.85. The van der Waals surface area contributed by atoms with Crippen molar-refractivity contribution in [1.29, 1.82) is 0 Å². The molecule has 1 unspecified atom stereocenters. The number of piperidine rings is 1. The van der Waals surface area contributed by atoms with Crippen LogP contribution in [0.3, 0.4) is 0 Å². The highest BCUT2D eigenvalue weighted by Gasteiger charge is 2.16. The van der Waals surface area contributed by atoms with Crippen LogP contribution in [0.4, 0.5) is 0 Å². The van der Waals surface area contributed by atoms with E-state index in [0.29, 0.717) is 5.92 Å². The topological polar surface area (TPSA) is 41.1 Å². The third kappa shape index (κ3) is 5.26. The molecule has 128 valence electrons. The van der Waals surface area contributed by atoms with E-state index in [1.54, 1.807) is 11.8 Å². The van der Waals surface area contributed by atoms with Crippen LogP contribution in [0.5, 0.6) is 0 Å². The lowest BCUT2D eigenvalue weighted by Gasteiger charge is -2.23. The first kappa shape index (κ1) is 18.8. The molecule has 1 fully saturated rings. The third-order valence-corrected chi connectivity index (χ3v) is 5.14. The zero-order valence-corrected chi connectivity index (χ0v) is 15.2. The molecule has 1 amide bonds. The zero-order valence-electron chi connectivity index (χ0n) is 13.5. The molecular formula is C19H23ClN2OS. The van der Waals surface area contributed by atoms with E-state index in [1.165, 1.54) is 12.8 Å². The Kier molecular flexibility index (Phi) is 7.63. The first-order chi connectivity index (χ1) is 11.3. The van der Waals surface area contributed by atoms with Gasteiger partial charge in [0, 0.05) is 16.3 Å². The number of rotatable bonds is 5. The highest BCUT2D eigenvalue weighted by molar-refractivity contribution is 7.99. The SMILES string of the molecule is Cl.O=C(NCC1CCCNC1)c1ccccc1Sc1ccccc1. The summed E-state index contributed by atoms with van der Waals surface area (Å²) in [7, 11) is 0. The van der Waals surface area contributed by atoms with Gasteiger partial charge in [0.05, 0.1) is 5.56 Å². The van der Waals surface area contributed by atoms with Crippen LogP contribution in [0.2, 0.25) is 0 Å². The van der Waals surface area contributed by atoms with Gasteiger partial charge in [-0.2, -0.15) is 0 Å². The van der Waals surface area contributed by atoms with E-state index < -0.39 is 0 Å². The number of hydrogen-bond donors (Lipinski definition) is 2. The molecule has 1 aliphatic heterocycles. The van der Waals surface area contributed by atoms with Gasteiger partial charge in [-0.1, -0.05) is 42.1 Å². The summed E-state index contributed by atoms with van der Waals surface area (Å²) in [5.41, 5.74) is 0.755. The number of nitrogens with one attached hydrogen (secondary N) is 2. The van der Waals surface area contributed by atoms with Crippen LogP contribution < -0.4 is 10.6 Å². The van der Waals surface area contributed by atoms with Crippen LogP contribution in [0, 0.1) is 5.92 Å². The molecule has 2 aromatic rings. The monoisotopic (exact) mass is 362 g/mol. The van der Waals surface area contributed by atoms with Crippen LogP contribution in [-0.4, -0.2) is 25.5 Å². The predicted molar refractivity (Wildman–Crippen MR) is 102 cm³/mol. The molecule has 1 heterocycles. The maximum Gasteiger partial charge on any atom is 0.252 e. The number of carbonyl (C=O) groups is 1. The number of hydrogen-bond acceptors (Lipinski definition) is 3. The molecule has 1 atom stereocenters. The van der Waals surface area contributed by atoms with Gasteiger partial charge in [0.2, 0.25) is 0 Å². The van der Waals surface area contributed by atoms with Gasteiger partial charge in [0.15, 0.2) is 0 Å². The molecule has 0 aromatic heterocycles. The first-order valence-electron chi connectivity index (χ1n) is 8.14. The summed E-state index contributed by atoms with van der Waals surface area (Å²) in [5.74, 6) is 0.566. The van der Waals surface area contributed by atoms with Gasteiger partial charge in [-0.15, -0.1) is 12.4 Å². The van der Waals surface area contributed by atoms with Gasteiger partial charge in [0.25, 0.3) is 5.91 Å². The van der Waals surface area contributed by atoms with Crippen molar-refractivity contribution in [2.24, 2.45) is 5.92 Å². The molecule has 5 heteroatoms. The van der Waals surface area contributed by atoms with Crippen molar-refractivity contribution in [3.8, 4) is 0 Å². The molecule has 0 spiro atoms. The Hall–Kier alpha value is -1.49. The second-order valence-corrected chi connectivity index (χ2v) is 6.95. The molecule has 1 aliphatic rings. The molecule has 0 saturated carbocycles. The van der Waals surface area contributed by atoms with Crippen molar-refractivity contribution in [2.45, 2.75) is 22.6 Å². The van der Waals surface area contributed by atoms with Crippen molar-refractivity contribution in [3.05, 3.63) is 60.2 Å². The second-order valence-electron chi connectivity index (χ2n) is 5.83. The standard InChI is InChI=1S/C19H22N2OS.ClH/c22-19(21-14-15-7-6-12-20-13-15)17-10-4-5-11-18(17)23-16-8-2-1-3-9-16;/h1-5,8-11,15,20H,6-7,12-14H2,(H,21,22);1H. The highest BCUT2D eigenvalue weighted by Crippen LogP contribution is 2.30. The highest BCUT2D eigenvalue weighted by atomic mass is 35.5. The molecule has 3 rings (SSSR count).